The minimum atomic E-state index is -1.47. The van der Waals surface area contributed by atoms with Gasteiger partial charge in [0.05, 0.1) is 6.61 Å². The molecule has 2 rings (SSSR count). The molecule has 0 unspecified atom stereocenters. The average Bonchev–Trinajstić information content (AvgIpc) is 2.57. The largest absolute Gasteiger partial charge is 0.462 e. The Morgan fingerprint density at radius 3 is 2.39 bits per heavy atom. The van der Waals surface area contributed by atoms with Crippen molar-refractivity contribution in [3.63, 3.8) is 0 Å². The molecule has 126 valence electrons. The van der Waals surface area contributed by atoms with Gasteiger partial charge in [-0.05, 0) is 24.3 Å². The van der Waals surface area contributed by atoms with Crippen molar-refractivity contribution in [2.24, 2.45) is 0 Å². The molecule has 1 saturated heterocycles. The van der Waals surface area contributed by atoms with Crippen molar-refractivity contribution in [2.75, 3.05) is 20.3 Å². The van der Waals surface area contributed by atoms with Gasteiger partial charge in [0, 0.05) is 12.7 Å². The minimum absolute atomic E-state index is 0.336. The first-order valence-corrected chi connectivity index (χ1v) is 7.12. The number of aliphatic hydroxyl groups excluding tert-OH is 4. The Balaban J connectivity index is 2.02. The van der Waals surface area contributed by atoms with Crippen LogP contribution in [0.1, 0.15) is 5.56 Å². The Morgan fingerprint density at radius 1 is 1.09 bits per heavy atom. The topological polar surface area (TPSA) is 109 Å². The fraction of sp³-hybridized carbons (Fsp3) is 0.500. The van der Waals surface area contributed by atoms with Crippen molar-refractivity contribution in [1.82, 2.24) is 0 Å². The molecule has 7 nitrogen and oxygen atoms in total. The van der Waals surface area contributed by atoms with Crippen LogP contribution < -0.4 is 4.74 Å². The van der Waals surface area contributed by atoms with E-state index in [1.165, 1.54) is 0 Å². The Morgan fingerprint density at radius 2 is 1.78 bits per heavy atom. The van der Waals surface area contributed by atoms with Gasteiger partial charge in [0.2, 0.25) is 6.29 Å². The standard InChI is InChI=1S/C16H20O7/c1-21-8-2-3-10-4-6-11(7-5-10)22-16-15(20)14(19)13(18)12(9-17)23-16/h4-7,12-20H,8-9H2,1H3/t12-,13-,14+,15+,16+/m1/s1. The first kappa shape index (κ1) is 17.7. The Labute approximate surface area is 134 Å². The number of methoxy groups -OCH3 is 1. The molecule has 0 bridgehead atoms. The molecule has 0 aromatic heterocycles. The predicted molar refractivity (Wildman–Crippen MR) is 79.6 cm³/mol. The summed E-state index contributed by atoms with van der Waals surface area (Å²) < 4.78 is 15.6. The lowest BCUT2D eigenvalue weighted by Crippen LogP contribution is -2.60. The van der Waals surface area contributed by atoms with Crippen LogP contribution in [0.3, 0.4) is 0 Å². The molecule has 4 N–H and O–H groups in total. The van der Waals surface area contributed by atoms with Gasteiger partial charge in [-0.25, -0.2) is 0 Å². The van der Waals surface area contributed by atoms with Crippen molar-refractivity contribution in [1.29, 1.82) is 0 Å². The van der Waals surface area contributed by atoms with E-state index in [0.29, 0.717) is 12.4 Å². The number of hydrogen-bond donors (Lipinski definition) is 4. The van der Waals surface area contributed by atoms with Crippen molar-refractivity contribution in [2.45, 2.75) is 30.7 Å². The molecule has 1 fully saturated rings. The van der Waals surface area contributed by atoms with E-state index in [0.717, 1.165) is 5.56 Å². The molecular weight excluding hydrogens is 304 g/mol. The van der Waals surface area contributed by atoms with Gasteiger partial charge in [0.1, 0.15) is 36.8 Å². The van der Waals surface area contributed by atoms with Crippen LogP contribution in [0, 0.1) is 11.8 Å². The molecule has 0 spiro atoms. The monoisotopic (exact) mass is 324 g/mol. The van der Waals surface area contributed by atoms with E-state index < -0.39 is 37.3 Å². The molecular formula is C16H20O7. The number of ether oxygens (including phenoxy) is 3. The van der Waals surface area contributed by atoms with Gasteiger partial charge in [-0.15, -0.1) is 0 Å². The smallest absolute Gasteiger partial charge is 0.229 e. The molecule has 0 saturated carbocycles. The van der Waals surface area contributed by atoms with Crippen molar-refractivity contribution in [3.05, 3.63) is 29.8 Å². The van der Waals surface area contributed by atoms with Gasteiger partial charge in [0.25, 0.3) is 0 Å². The summed E-state index contributed by atoms with van der Waals surface area (Å²) in [6.07, 6.45) is -6.51. The maximum Gasteiger partial charge on any atom is 0.229 e. The molecule has 7 heteroatoms. The summed E-state index contributed by atoms with van der Waals surface area (Å²) in [6, 6.07) is 6.72. The first-order valence-electron chi connectivity index (χ1n) is 7.12. The average molecular weight is 324 g/mol. The molecule has 1 aliphatic heterocycles. The lowest BCUT2D eigenvalue weighted by Gasteiger charge is -2.39. The van der Waals surface area contributed by atoms with Crippen molar-refractivity contribution >= 4 is 0 Å². The number of aliphatic hydroxyl groups is 4. The van der Waals surface area contributed by atoms with E-state index in [1.807, 2.05) is 0 Å². The Kier molecular flexibility index (Phi) is 6.36. The summed E-state index contributed by atoms with van der Waals surface area (Å²) in [7, 11) is 1.56. The van der Waals surface area contributed by atoms with Crippen LogP contribution in [0.4, 0.5) is 0 Å². The maximum atomic E-state index is 9.90. The van der Waals surface area contributed by atoms with E-state index in [2.05, 4.69) is 11.8 Å². The van der Waals surface area contributed by atoms with Gasteiger partial charge >= 0.3 is 0 Å². The highest BCUT2D eigenvalue weighted by Crippen LogP contribution is 2.24. The second-order valence-electron chi connectivity index (χ2n) is 5.07. The van der Waals surface area contributed by atoms with Gasteiger partial charge in [-0.3, -0.25) is 0 Å². The zero-order valence-corrected chi connectivity index (χ0v) is 12.6. The molecule has 1 aromatic rings. The molecule has 0 aliphatic carbocycles. The SMILES string of the molecule is COCC#Cc1ccc(O[C@H]2O[C@H](CO)[C@@H](O)[C@H](O)[C@@H]2O)cc1. The van der Waals surface area contributed by atoms with Gasteiger partial charge in [-0.2, -0.15) is 0 Å². The first-order chi connectivity index (χ1) is 11.1. The number of rotatable bonds is 4. The van der Waals surface area contributed by atoms with Crippen LogP contribution in [0.15, 0.2) is 24.3 Å². The third-order valence-electron chi connectivity index (χ3n) is 3.40. The second kappa shape index (κ2) is 8.26. The van der Waals surface area contributed by atoms with Gasteiger partial charge < -0.3 is 34.6 Å². The molecule has 0 radical (unpaired) electrons. The number of hydrogen-bond acceptors (Lipinski definition) is 7. The second-order valence-corrected chi connectivity index (χ2v) is 5.07. The van der Waals surface area contributed by atoms with Gasteiger partial charge in [-0.1, -0.05) is 11.8 Å². The summed E-state index contributed by atoms with van der Waals surface area (Å²) in [6.45, 7) is -0.165. The van der Waals surface area contributed by atoms with Crippen LogP contribution >= 0.6 is 0 Å². The summed E-state index contributed by atoms with van der Waals surface area (Å²) in [5, 5.41) is 38.4. The van der Waals surface area contributed by atoms with Crippen LogP contribution in [-0.4, -0.2) is 71.5 Å². The van der Waals surface area contributed by atoms with E-state index in [9.17, 15) is 15.3 Å². The summed E-state index contributed by atoms with van der Waals surface area (Å²) in [4.78, 5) is 0. The highest BCUT2D eigenvalue weighted by molar-refractivity contribution is 5.38. The molecule has 23 heavy (non-hydrogen) atoms. The lowest BCUT2D eigenvalue weighted by atomic mass is 9.99. The third-order valence-corrected chi connectivity index (χ3v) is 3.40. The highest BCUT2D eigenvalue weighted by Gasteiger charge is 2.44. The molecule has 1 aliphatic rings. The Bertz CT molecular complexity index is 546. The number of benzene rings is 1. The van der Waals surface area contributed by atoms with Crippen molar-refractivity contribution in [3.8, 4) is 17.6 Å². The van der Waals surface area contributed by atoms with Crippen LogP contribution in [0.25, 0.3) is 0 Å². The molecule has 0 amide bonds. The van der Waals surface area contributed by atoms with E-state index in [4.69, 9.17) is 19.3 Å². The zero-order valence-electron chi connectivity index (χ0n) is 12.6. The fourth-order valence-corrected chi connectivity index (χ4v) is 2.13. The summed E-state index contributed by atoms with van der Waals surface area (Å²) in [5.41, 5.74) is 0.767. The van der Waals surface area contributed by atoms with Crippen LogP contribution in [0.2, 0.25) is 0 Å². The lowest BCUT2D eigenvalue weighted by molar-refractivity contribution is -0.277. The van der Waals surface area contributed by atoms with E-state index in [1.54, 1.807) is 31.4 Å². The maximum absolute atomic E-state index is 9.90. The fourth-order valence-electron chi connectivity index (χ4n) is 2.13. The minimum Gasteiger partial charge on any atom is -0.462 e. The summed E-state index contributed by atoms with van der Waals surface area (Å²) in [5.74, 6) is 6.11. The predicted octanol–water partition coefficient (Wildman–Crippen LogP) is -1.14. The van der Waals surface area contributed by atoms with Gasteiger partial charge in [0.15, 0.2) is 0 Å². The Hall–Kier alpha value is -1.66. The zero-order chi connectivity index (χ0) is 16.8. The highest BCUT2D eigenvalue weighted by atomic mass is 16.7. The van der Waals surface area contributed by atoms with E-state index >= 15 is 0 Å². The normalized spacial score (nSPS) is 30.4. The molecule has 5 atom stereocenters. The quantitative estimate of drug-likeness (QED) is 0.519. The van der Waals surface area contributed by atoms with Crippen molar-refractivity contribution < 1.29 is 34.6 Å². The third kappa shape index (κ3) is 4.42. The van der Waals surface area contributed by atoms with Crippen LogP contribution in [-0.2, 0) is 9.47 Å². The molecule has 1 aromatic carbocycles. The van der Waals surface area contributed by atoms with Crippen LogP contribution in [0.5, 0.6) is 5.75 Å². The van der Waals surface area contributed by atoms with E-state index in [-0.39, 0.29) is 0 Å². The summed E-state index contributed by atoms with van der Waals surface area (Å²) >= 11 is 0. The molecule has 1 heterocycles.